The van der Waals surface area contributed by atoms with Gasteiger partial charge < -0.3 is 14.8 Å². The Balaban J connectivity index is 1.88. The molecule has 0 aliphatic heterocycles. The summed E-state index contributed by atoms with van der Waals surface area (Å²) in [7, 11) is 0. The second-order valence-corrected chi connectivity index (χ2v) is 4.10. The van der Waals surface area contributed by atoms with Crippen molar-refractivity contribution in [2.45, 2.75) is 0 Å². The van der Waals surface area contributed by atoms with Crippen LogP contribution in [0.3, 0.4) is 0 Å². The number of aromatic nitrogens is 2. The molecule has 19 heavy (non-hydrogen) atoms. The van der Waals surface area contributed by atoms with Crippen molar-refractivity contribution in [3.63, 3.8) is 0 Å². The largest absolute Gasteiger partial charge is 0.454 e. The smallest absolute Gasteiger partial charge is 0.155 e. The summed E-state index contributed by atoms with van der Waals surface area (Å²) >= 11 is 0. The van der Waals surface area contributed by atoms with E-state index in [2.05, 4.69) is 15.5 Å². The summed E-state index contributed by atoms with van der Waals surface area (Å²) in [5.74, 6) is 1.33. The van der Waals surface area contributed by atoms with Gasteiger partial charge in [0.05, 0.1) is 6.61 Å². The second kappa shape index (κ2) is 5.07. The second-order valence-electron chi connectivity index (χ2n) is 4.10. The molecule has 5 heteroatoms. The number of fused-ring (bicyclic) bond motifs is 1. The molecule has 0 radical (unpaired) electrons. The minimum absolute atomic E-state index is 0.0625. The highest BCUT2D eigenvalue weighted by atomic mass is 16.3. The van der Waals surface area contributed by atoms with Crippen LogP contribution in [0.4, 0.5) is 5.82 Å². The van der Waals surface area contributed by atoms with E-state index in [1.54, 1.807) is 0 Å². The molecule has 2 heterocycles. The van der Waals surface area contributed by atoms with Gasteiger partial charge in [0.15, 0.2) is 5.76 Å². The zero-order valence-electron chi connectivity index (χ0n) is 10.2. The minimum Gasteiger partial charge on any atom is -0.454 e. The molecule has 2 N–H and O–H groups in total. The highest BCUT2D eigenvalue weighted by Gasteiger charge is 2.07. The molecule has 0 atom stereocenters. The molecule has 0 amide bonds. The van der Waals surface area contributed by atoms with E-state index in [9.17, 15) is 0 Å². The predicted molar refractivity (Wildman–Crippen MR) is 72.8 cm³/mol. The average molecular weight is 255 g/mol. The van der Waals surface area contributed by atoms with Crippen molar-refractivity contribution in [3.05, 3.63) is 42.5 Å². The molecule has 5 nitrogen and oxygen atoms in total. The van der Waals surface area contributed by atoms with Crippen molar-refractivity contribution >= 4 is 16.8 Å². The lowest BCUT2D eigenvalue weighted by Gasteiger charge is -2.02. The van der Waals surface area contributed by atoms with E-state index in [4.69, 9.17) is 9.52 Å². The van der Waals surface area contributed by atoms with Gasteiger partial charge in [-0.2, -0.15) is 0 Å². The fraction of sp³-hybridized carbons (Fsp3) is 0.143. The summed E-state index contributed by atoms with van der Waals surface area (Å²) in [5, 5.41) is 20.8. The Morgan fingerprint density at radius 1 is 1.11 bits per heavy atom. The van der Waals surface area contributed by atoms with E-state index < -0.39 is 0 Å². The molecule has 2 aromatic heterocycles. The highest BCUT2D eigenvalue weighted by Crippen LogP contribution is 2.26. The maximum Gasteiger partial charge on any atom is 0.155 e. The Bertz CT molecular complexity index is 643. The Kier molecular flexibility index (Phi) is 3.12. The maximum absolute atomic E-state index is 8.72. The molecular formula is C14H13N3O2. The fourth-order valence-corrected chi connectivity index (χ4v) is 1.85. The van der Waals surface area contributed by atoms with Crippen LogP contribution >= 0.6 is 0 Å². The number of furan rings is 1. The Hall–Kier alpha value is -2.40. The Morgan fingerprint density at radius 2 is 2.00 bits per heavy atom. The zero-order chi connectivity index (χ0) is 13.1. The van der Waals surface area contributed by atoms with Gasteiger partial charge >= 0.3 is 0 Å². The van der Waals surface area contributed by atoms with Gasteiger partial charge in [-0.05, 0) is 24.3 Å². The summed E-state index contributed by atoms with van der Waals surface area (Å²) in [4.78, 5) is 0. The van der Waals surface area contributed by atoms with Gasteiger partial charge in [-0.25, -0.2) is 0 Å². The molecule has 0 bridgehead atoms. The van der Waals surface area contributed by atoms with Crippen molar-refractivity contribution in [1.82, 2.24) is 10.2 Å². The van der Waals surface area contributed by atoms with Gasteiger partial charge in [0.2, 0.25) is 0 Å². The summed E-state index contributed by atoms with van der Waals surface area (Å²) in [6, 6.07) is 13.4. The number of aliphatic hydroxyl groups excluding tert-OH is 1. The summed E-state index contributed by atoms with van der Waals surface area (Å²) in [5.41, 5.74) is 1.52. The lowest BCUT2D eigenvalue weighted by Crippen LogP contribution is -2.07. The summed E-state index contributed by atoms with van der Waals surface area (Å²) in [6.45, 7) is 0.520. The normalized spacial score (nSPS) is 10.8. The first-order valence-corrected chi connectivity index (χ1v) is 6.04. The fourth-order valence-electron chi connectivity index (χ4n) is 1.85. The number of nitrogens with one attached hydrogen (secondary N) is 1. The van der Waals surface area contributed by atoms with Crippen LogP contribution in [0.5, 0.6) is 0 Å². The van der Waals surface area contributed by atoms with Gasteiger partial charge in [-0.1, -0.05) is 18.2 Å². The van der Waals surface area contributed by atoms with Crippen LogP contribution in [0.1, 0.15) is 0 Å². The monoisotopic (exact) mass is 255 g/mol. The lowest BCUT2D eigenvalue weighted by molar-refractivity contribution is 0.311. The first-order chi connectivity index (χ1) is 9.36. The molecule has 0 aliphatic carbocycles. The molecule has 1 aromatic carbocycles. The molecule has 3 rings (SSSR count). The average Bonchev–Trinajstić information content (AvgIpc) is 2.89. The predicted octanol–water partition coefficient (Wildman–Crippen LogP) is 2.29. The maximum atomic E-state index is 8.72. The topological polar surface area (TPSA) is 71.2 Å². The first-order valence-electron chi connectivity index (χ1n) is 6.04. The van der Waals surface area contributed by atoms with Gasteiger partial charge in [0.25, 0.3) is 0 Å². The number of rotatable bonds is 4. The third-order valence-corrected chi connectivity index (χ3v) is 2.76. The van der Waals surface area contributed by atoms with E-state index >= 15 is 0 Å². The number of anilines is 1. The van der Waals surface area contributed by atoms with E-state index in [0.717, 1.165) is 11.0 Å². The van der Waals surface area contributed by atoms with E-state index in [-0.39, 0.29) is 6.61 Å². The van der Waals surface area contributed by atoms with Crippen LogP contribution in [0.25, 0.3) is 22.4 Å². The molecular weight excluding hydrogens is 242 g/mol. The van der Waals surface area contributed by atoms with Crippen molar-refractivity contribution in [2.75, 3.05) is 18.5 Å². The van der Waals surface area contributed by atoms with Crippen molar-refractivity contribution in [2.24, 2.45) is 0 Å². The van der Waals surface area contributed by atoms with Crippen LogP contribution < -0.4 is 5.32 Å². The molecule has 3 aromatic rings. The Labute approximate surface area is 109 Å². The number of nitrogens with zero attached hydrogens (tertiary/aromatic N) is 2. The van der Waals surface area contributed by atoms with Crippen LogP contribution in [-0.2, 0) is 0 Å². The Morgan fingerprint density at radius 3 is 2.74 bits per heavy atom. The highest BCUT2D eigenvalue weighted by molar-refractivity contribution is 5.82. The number of hydrogen-bond acceptors (Lipinski definition) is 5. The van der Waals surface area contributed by atoms with Crippen LogP contribution in [0.2, 0.25) is 0 Å². The van der Waals surface area contributed by atoms with Crippen LogP contribution in [-0.4, -0.2) is 28.5 Å². The molecule has 0 spiro atoms. The van der Waals surface area contributed by atoms with Gasteiger partial charge in [0, 0.05) is 11.9 Å². The lowest BCUT2D eigenvalue weighted by atomic mass is 10.2. The first kappa shape index (κ1) is 11.7. The number of para-hydroxylation sites is 1. The van der Waals surface area contributed by atoms with Crippen molar-refractivity contribution in [1.29, 1.82) is 0 Å². The molecule has 0 aliphatic rings. The van der Waals surface area contributed by atoms with E-state index in [1.165, 1.54) is 0 Å². The zero-order valence-corrected chi connectivity index (χ0v) is 10.2. The summed E-state index contributed by atoms with van der Waals surface area (Å²) in [6.07, 6.45) is 0. The summed E-state index contributed by atoms with van der Waals surface area (Å²) < 4.78 is 5.71. The minimum atomic E-state index is 0.0625. The number of aliphatic hydroxyl groups is 1. The molecule has 0 saturated heterocycles. The van der Waals surface area contributed by atoms with E-state index in [0.29, 0.717) is 23.8 Å². The quantitative estimate of drug-likeness (QED) is 0.748. The standard InChI is InChI=1S/C14H13N3O2/c18-8-7-15-14-6-5-11(16-17-14)13-9-10-3-1-2-4-12(10)19-13/h1-6,9,18H,7-8H2,(H,15,17). The SMILES string of the molecule is OCCNc1ccc(-c2cc3ccccc3o2)nn1. The third kappa shape index (κ3) is 2.41. The van der Waals surface area contributed by atoms with Crippen LogP contribution in [0.15, 0.2) is 46.9 Å². The molecule has 0 unspecified atom stereocenters. The molecule has 0 saturated carbocycles. The van der Waals surface area contributed by atoms with Crippen LogP contribution in [0, 0.1) is 0 Å². The van der Waals surface area contributed by atoms with E-state index in [1.807, 2.05) is 42.5 Å². The van der Waals surface area contributed by atoms with Crippen molar-refractivity contribution in [3.8, 4) is 11.5 Å². The molecule has 96 valence electrons. The molecule has 0 fully saturated rings. The number of hydrogen-bond donors (Lipinski definition) is 2. The van der Waals surface area contributed by atoms with Crippen molar-refractivity contribution < 1.29 is 9.52 Å². The number of benzene rings is 1. The van der Waals surface area contributed by atoms with Gasteiger partial charge in [0.1, 0.15) is 17.1 Å². The third-order valence-electron chi connectivity index (χ3n) is 2.76. The van der Waals surface area contributed by atoms with Gasteiger partial charge in [-0.15, -0.1) is 10.2 Å². The van der Waals surface area contributed by atoms with Gasteiger partial charge in [-0.3, -0.25) is 0 Å².